The molecule has 0 bridgehead atoms. The summed E-state index contributed by atoms with van der Waals surface area (Å²) in [5, 5.41) is 11.1. The van der Waals surface area contributed by atoms with Crippen LogP contribution in [0.25, 0.3) is 22.1 Å². The van der Waals surface area contributed by atoms with Gasteiger partial charge in [-0.25, -0.2) is 4.79 Å². The second kappa shape index (κ2) is 8.57. The minimum atomic E-state index is -4.92. The van der Waals surface area contributed by atoms with Gasteiger partial charge in [-0.3, -0.25) is 4.79 Å². The molecule has 0 saturated heterocycles. The number of alkyl halides is 3. The number of carbonyl (C=O) groups is 1. The van der Waals surface area contributed by atoms with Gasteiger partial charge in [0.25, 0.3) is 5.91 Å². The van der Waals surface area contributed by atoms with Gasteiger partial charge in [-0.05, 0) is 24.3 Å². The Kier molecular flexibility index (Phi) is 5.92. The van der Waals surface area contributed by atoms with Crippen LogP contribution in [0.5, 0.6) is 11.5 Å². The highest BCUT2D eigenvalue weighted by Gasteiger charge is 2.32. The SMILES string of the molecule is N#CCNC(=O)COc1ccc2cc(-c3ccccc3OC(F)(F)F)c(=O)oc2c1. The monoisotopic (exact) mass is 418 g/mol. The van der Waals surface area contributed by atoms with Gasteiger partial charge in [-0.1, -0.05) is 18.2 Å². The zero-order valence-electron chi connectivity index (χ0n) is 15.2. The minimum Gasteiger partial charge on any atom is -0.484 e. The molecule has 0 atom stereocenters. The highest BCUT2D eigenvalue weighted by Crippen LogP contribution is 2.33. The third kappa shape index (κ3) is 5.08. The van der Waals surface area contributed by atoms with E-state index in [1.807, 2.05) is 0 Å². The van der Waals surface area contributed by atoms with Crippen molar-refractivity contribution in [3.63, 3.8) is 0 Å². The first-order valence-electron chi connectivity index (χ1n) is 8.46. The molecule has 7 nitrogen and oxygen atoms in total. The van der Waals surface area contributed by atoms with Crippen molar-refractivity contribution in [2.24, 2.45) is 0 Å². The van der Waals surface area contributed by atoms with E-state index in [0.29, 0.717) is 5.39 Å². The Hall–Kier alpha value is -4.00. The quantitative estimate of drug-likeness (QED) is 0.487. The molecule has 1 N–H and O–H groups in total. The fourth-order valence-corrected chi connectivity index (χ4v) is 2.61. The van der Waals surface area contributed by atoms with Crippen molar-refractivity contribution in [1.29, 1.82) is 5.26 Å². The molecule has 1 aromatic heterocycles. The maximum Gasteiger partial charge on any atom is 0.573 e. The second-order valence-electron chi connectivity index (χ2n) is 5.91. The maximum absolute atomic E-state index is 12.7. The lowest BCUT2D eigenvalue weighted by atomic mass is 10.0. The van der Waals surface area contributed by atoms with Crippen LogP contribution in [0, 0.1) is 11.3 Å². The van der Waals surface area contributed by atoms with Gasteiger partial charge in [0.15, 0.2) is 6.61 Å². The summed E-state index contributed by atoms with van der Waals surface area (Å²) in [6.45, 7) is -0.505. The Bertz CT molecular complexity index is 1180. The van der Waals surface area contributed by atoms with Crippen LogP contribution in [0.2, 0.25) is 0 Å². The average molecular weight is 418 g/mol. The number of benzene rings is 2. The topological polar surface area (TPSA) is 102 Å². The minimum absolute atomic E-state index is 0.0695. The first-order chi connectivity index (χ1) is 14.3. The van der Waals surface area contributed by atoms with E-state index in [2.05, 4.69) is 10.1 Å². The maximum atomic E-state index is 12.7. The molecule has 10 heteroatoms. The van der Waals surface area contributed by atoms with E-state index in [4.69, 9.17) is 14.4 Å². The fourth-order valence-electron chi connectivity index (χ4n) is 2.61. The van der Waals surface area contributed by atoms with E-state index >= 15 is 0 Å². The largest absolute Gasteiger partial charge is 0.573 e. The van der Waals surface area contributed by atoms with Crippen LogP contribution >= 0.6 is 0 Å². The standard InChI is InChI=1S/C20H13F3N2O5/c21-20(22,23)30-16-4-2-1-3-14(16)15-9-12-5-6-13(10-17(12)29-19(15)27)28-11-18(26)25-8-7-24/h1-6,9-10H,8,11H2,(H,25,26). The molecule has 0 saturated carbocycles. The van der Waals surface area contributed by atoms with E-state index in [1.165, 1.54) is 42.5 Å². The van der Waals surface area contributed by atoms with Gasteiger partial charge in [0, 0.05) is 17.0 Å². The Labute approximate surface area is 167 Å². The summed E-state index contributed by atoms with van der Waals surface area (Å²) in [6, 6.07) is 12.8. The second-order valence-corrected chi connectivity index (χ2v) is 5.91. The molecule has 0 unspecified atom stereocenters. The molecule has 3 rings (SSSR count). The predicted molar refractivity (Wildman–Crippen MR) is 98.7 cm³/mol. The van der Waals surface area contributed by atoms with Crippen LogP contribution in [-0.2, 0) is 4.79 Å². The molecular weight excluding hydrogens is 405 g/mol. The normalized spacial score (nSPS) is 11.0. The summed E-state index contributed by atoms with van der Waals surface area (Å²) in [5.41, 5.74) is -0.926. The third-order valence-electron chi connectivity index (χ3n) is 3.84. The van der Waals surface area contributed by atoms with E-state index < -0.39 is 23.6 Å². The Morgan fingerprint density at radius 1 is 1.13 bits per heavy atom. The number of nitriles is 1. The lowest BCUT2D eigenvalue weighted by molar-refractivity contribution is -0.274. The molecule has 1 heterocycles. The highest BCUT2D eigenvalue weighted by molar-refractivity contribution is 5.84. The lowest BCUT2D eigenvalue weighted by Gasteiger charge is -2.13. The molecule has 0 aliphatic heterocycles. The number of para-hydroxylation sites is 1. The van der Waals surface area contributed by atoms with E-state index in [0.717, 1.165) is 6.07 Å². The molecule has 3 aromatic rings. The van der Waals surface area contributed by atoms with Gasteiger partial charge >= 0.3 is 12.0 Å². The van der Waals surface area contributed by atoms with Crippen molar-refractivity contribution in [2.45, 2.75) is 6.36 Å². The van der Waals surface area contributed by atoms with Gasteiger partial charge in [0.1, 0.15) is 23.6 Å². The van der Waals surface area contributed by atoms with Crippen molar-refractivity contribution in [3.05, 3.63) is 59.0 Å². The first kappa shape index (κ1) is 20.7. The molecule has 0 aliphatic carbocycles. The van der Waals surface area contributed by atoms with E-state index in [9.17, 15) is 22.8 Å². The smallest absolute Gasteiger partial charge is 0.484 e. The number of halogens is 3. The van der Waals surface area contributed by atoms with Crippen LogP contribution in [0.3, 0.4) is 0 Å². The Balaban J connectivity index is 1.90. The van der Waals surface area contributed by atoms with Gasteiger partial charge in [-0.2, -0.15) is 5.26 Å². The number of rotatable bonds is 6. The summed E-state index contributed by atoms with van der Waals surface area (Å²) in [7, 11) is 0. The zero-order valence-corrected chi connectivity index (χ0v) is 15.2. The predicted octanol–water partition coefficient (Wildman–Crippen LogP) is 3.38. The average Bonchev–Trinajstić information content (AvgIpc) is 2.69. The van der Waals surface area contributed by atoms with Crippen LogP contribution in [-0.4, -0.2) is 25.4 Å². The van der Waals surface area contributed by atoms with Gasteiger partial charge in [0.05, 0.1) is 11.6 Å². The molecule has 0 radical (unpaired) electrons. The molecule has 0 fully saturated rings. The number of nitrogens with zero attached hydrogens (tertiary/aromatic N) is 1. The molecule has 154 valence electrons. The first-order valence-corrected chi connectivity index (χ1v) is 8.46. The summed E-state index contributed by atoms with van der Waals surface area (Å²) < 4.78 is 52.5. The highest BCUT2D eigenvalue weighted by atomic mass is 19.4. The van der Waals surface area contributed by atoms with E-state index in [1.54, 1.807) is 6.07 Å². The number of fused-ring (bicyclic) bond motifs is 1. The molecule has 0 spiro atoms. The number of nitrogens with one attached hydrogen (secondary N) is 1. The summed E-state index contributed by atoms with van der Waals surface area (Å²) in [4.78, 5) is 23.9. The number of amides is 1. The van der Waals surface area contributed by atoms with Gasteiger partial charge in [0.2, 0.25) is 0 Å². The summed E-state index contributed by atoms with van der Waals surface area (Å²) in [6.07, 6.45) is -4.92. The van der Waals surface area contributed by atoms with E-state index in [-0.39, 0.29) is 35.6 Å². The lowest BCUT2D eigenvalue weighted by Crippen LogP contribution is -2.28. The van der Waals surface area contributed by atoms with Crippen molar-refractivity contribution in [3.8, 4) is 28.7 Å². The van der Waals surface area contributed by atoms with Gasteiger partial charge < -0.3 is 19.2 Å². The molecule has 1 amide bonds. The number of carbonyl (C=O) groups excluding carboxylic acids is 1. The fraction of sp³-hybridized carbons (Fsp3) is 0.150. The number of ether oxygens (including phenoxy) is 2. The summed E-state index contributed by atoms with van der Waals surface area (Å²) in [5.74, 6) is -0.805. The van der Waals surface area contributed by atoms with Crippen molar-refractivity contribution >= 4 is 16.9 Å². The van der Waals surface area contributed by atoms with Crippen LogP contribution < -0.4 is 20.4 Å². The molecular formula is C20H13F3N2O5. The van der Waals surface area contributed by atoms with Crippen molar-refractivity contribution < 1.29 is 31.9 Å². The van der Waals surface area contributed by atoms with Crippen molar-refractivity contribution in [1.82, 2.24) is 5.32 Å². The van der Waals surface area contributed by atoms with Crippen molar-refractivity contribution in [2.75, 3.05) is 13.2 Å². The number of hydrogen-bond donors (Lipinski definition) is 1. The Morgan fingerprint density at radius 2 is 1.90 bits per heavy atom. The van der Waals surface area contributed by atoms with Crippen LogP contribution in [0.15, 0.2) is 57.7 Å². The van der Waals surface area contributed by atoms with Crippen LogP contribution in [0.4, 0.5) is 13.2 Å². The third-order valence-corrected chi connectivity index (χ3v) is 3.84. The Morgan fingerprint density at radius 3 is 2.63 bits per heavy atom. The summed E-state index contributed by atoms with van der Waals surface area (Å²) >= 11 is 0. The molecule has 0 aliphatic rings. The zero-order chi connectivity index (χ0) is 21.7. The van der Waals surface area contributed by atoms with Gasteiger partial charge in [-0.15, -0.1) is 13.2 Å². The van der Waals surface area contributed by atoms with Crippen LogP contribution in [0.1, 0.15) is 0 Å². The molecule has 2 aromatic carbocycles. The number of hydrogen-bond acceptors (Lipinski definition) is 6. The molecule has 30 heavy (non-hydrogen) atoms.